The first-order valence-corrected chi connectivity index (χ1v) is 6.73. The molecule has 1 aromatic rings. The van der Waals surface area contributed by atoms with Gasteiger partial charge in [0.05, 0.1) is 5.92 Å². The Morgan fingerprint density at radius 2 is 2.20 bits per heavy atom. The third-order valence-corrected chi connectivity index (χ3v) is 3.27. The van der Waals surface area contributed by atoms with E-state index in [4.69, 9.17) is 4.52 Å². The van der Waals surface area contributed by atoms with Crippen LogP contribution in [-0.2, 0) is 10.2 Å². The zero-order valence-corrected chi connectivity index (χ0v) is 13.2. The molecule has 1 saturated heterocycles. The molecule has 114 valence electrons. The van der Waals surface area contributed by atoms with E-state index in [0.29, 0.717) is 11.7 Å². The summed E-state index contributed by atoms with van der Waals surface area (Å²) in [7, 11) is 0. The lowest BCUT2D eigenvalue weighted by Crippen LogP contribution is -2.34. The third-order valence-electron chi connectivity index (χ3n) is 3.27. The van der Waals surface area contributed by atoms with Crippen molar-refractivity contribution in [3.8, 4) is 0 Å². The summed E-state index contributed by atoms with van der Waals surface area (Å²) in [5, 5.41) is 10.1. The maximum Gasteiger partial charge on any atom is 0.248 e. The van der Waals surface area contributed by atoms with Gasteiger partial charge in [-0.05, 0) is 19.9 Å². The molecule has 1 aliphatic rings. The highest BCUT2D eigenvalue weighted by molar-refractivity contribution is 5.85. The molecule has 2 atom stereocenters. The minimum absolute atomic E-state index is 0. The molecular weight excluding hydrogens is 280 g/mol. The fraction of sp³-hybridized carbons (Fsp3) is 0.769. The van der Waals surface area contributed by atoms with Crippen molar-refractivity contribution >= 4 is 18.3 Å². The number of hydrogen-bond donors (Lipinski definition) is 2. The largest absolute Gasteiger partial charge is 0.344 e. The number of aromatic nitrogens is 2. The molecule has 7 heteroatoms. The van der Waals surface area contributed by atoms with Gasteiger partial charge in [0.15, 0.2) is 5.82 Å². The molecule has 1 aliphatic heterocycles. The number of nitrogens with one attached hydrogen (secondary N) is 2. The summed E-state index contributed by atoms with van der Waals surface area (Å²) in [5.41, 5.74) is -0.152. The van der Waals surface area contributed by atoms with Crippen LogP contribution in [0.2, 0.25) is 0 Å². The maximum absolute atomic E-state index is 12.0. The summed E-state index contributed by atoms with van der Waals surface area (Å²) in [4.78, 5) is 16.3. The minimum atomic E-state index is -0.253. The van der Waals surface area contributed by atoms with Crippen molar-refractivity contribution in [3.05, 3.63) is 11.7 Å². The minimum Gasteiger partial charge on any atom is -0.344 e. The highest BCUT2D eigenvalue weighted by Gasteiger charge is 2.27. The fourth-order valence-electron chi connectivity index (χ4n) is 1.99. The van der Waals surface area contributed by atoms with Gasteiger partial charge in [-0.25, -0.2) is 0 Å². The van der Waals surface area contributed by atoms with Crippen molar-refractivity contribution in [3.63, 3.8) is 0 Å². The first-order chi connectivity index (χ1) is 8.88. The zero-order valence-electron chi connectivity index (χ0n) is 12.4. The van der Waals surface area contributed by atoms with Crippen molar-refractivity contribution in [2.45, 2.75) is 45.6 Å². The number of carbonyl (C=O) groups is 1. The molecule has 1 aromatic heterocycles. The van der Waals surface area contributed by atoms with Gasteiger partial charge >= 0.3 is 0 Å². The maximum atomic E-state index is 12.0. The number of halogens is 1. The van der Waals surface area contributed by atoms with E-state index in [1.54, 1.807) is 0 Å². The van der Waals surface area contributed by atoms with E-state index >= 15 is 0 Å². The van der Waals surface area contributed by atoms with Gasteiger partial charge in [0.1, 0.15) is 6.04 Å². The summed E-state index contributed by atoms with van der Waals surface area (Å²) in [6.07, 6.45) is 0.885. The predicted octanol–water partition coefficient (Wildman–Crippen LogP) is 1.58. The Balaban J connectivity index is 0.00000200. The molecule has 6 nitrogen and oxygen atoms in total. The summed E-state index contributed by atoms with van der Waals surface area (Å²) in [5.74, 6) is 1.22. The van der Waals surface area contributed by atoms with Crippen molar-refractivity contribution in [1.82, 2.24) is 20.8 Å². The van der Waals surface area contributed by atoms with Crippen molar-refractivity contribution in [2.24, 2.45) is 5.92 Å². The molecule has 0 aromatic carbocycles. The molecular formula is C13H23ClN4O2. The van der Waals surface area contributed by atoms with Crippen molar-refractivity contribution in [1.29, 1.82) is 0 Å². The van der Waals surface area contributed by atoms with E-state index < -0.39 is 0 Å². The van der Waals surface area contributed by atoms with E-state index in [-0.39, 0.29) is 35.7 Å². The van der Waals surface area contributed by atoms with Gasteiger partial charge in [0.2, 0.25) is 11.8 Å². The van der Waals surface area contributed by atoms with Crippen molar-refractivity contribution in [2.75, 3.05) is 13.1 Å². The van der Waals surface area contributed by atoms with E-state index in [1.165, 1.54) is 0 Å². The van der Waals surface area contributed by atoms with Gasteiger partial charge in [-0.15, -0.1) is 12.4 Å². The number of rotatable bonds is 3. The molecule has 1 fully saturated rings. The second-order valence-electron chi connectivity index (χ2n) is 6.13. The summed E-state index contributed by atoms with van der Waals surface area (Å²) < 4.78 is 5.23. The Kier molecular flexibility index (Phi) is 5.53. The normalized spacial score (nSPS) is 20.3. The number of hydrogen-bond acceptors (Lipinski definition) is 5. The van der Waals surface area contributed by atoms with Crippen molar-refractivity contribution < 1.29 is 9.32 Å². The Hall–Kier alpha value is -1.14. The molecule has 0 radical (unpaired) electrons. The first kappa shape index (κ1) is 16.9. The van der Waals surface area contributed by atoms with Gasteiger partial charge in [-0.2, -0.15) is 4.98 Å². The second kappa shape index (κ2) is 6.54. The van der Waals surface area contributed by atoms with Gasteiger partial charge in [0, 0.05) is 12.0 Å². The van der Waals surface area contributed by atoms with Crippen LogP contribution in [0.4, 0.5) is 0 Å². The molecule has 2 heterocycles. The smallest absolute Gasteiger partial charge is 0.248 e. The van der Waals surface area contributed by atoms with Crippen LogP contribution in [0.1, 0.15) is 51.9 Å². The van der Waals surface area contributed by atoms with Crippen LogP contribution in [0, 0.1) is 5.92 Å². The van der Waals surface area contributed by atoms with Gasteiger partial charge < -0.3 is 15.2 Å². The van der Waals surface area contributed by atoms with Crippen LogP contribution in [0.15, 0.2) is 4.52 Å². The molecule has 0 spiro atoms. The van der Waals surface area contributed by atoms with Crippen LogP contribution >= 0.6 is 12.4 Å². The van der Waals surface area contributed by atoms with E-state index in [0.717, 1.165) is 19.5 Å². The zero-order chi connectivity index (χ0) is 14.0. The number of nitrogens with zero attached hydrogens (tertiary/aromatic N) is 2. The lowest BCUT2D eigenvalue weighted by Gasteiger charge is -2.14. The van der Waals surface area contributed by atoms with Crippen LogP contribution < -0.4 is 10.6 Å². The third kappa shape index (κ3) is 3.93. The topological polar surface area (TPSA) is 80.0 Å². The number of amides is 1. The highest BCUT2D eigenvalue weighted by atomic mass is 35.5. The van der Waals surface area contributed by atoms with E-state index in [2.05, 4.69) is 20.8 Å². The molecule has 20 heavy (non-hydrogen) atoms. The average molecular weight is 303 g/mol. The van der Waals surface area contributed by atoms with Crippen LogP contribution in [0.5, 0.6) is 0 Å². The Bertz CT molecular complexity index is 449. The average Bonchev–Trinajstić information content (AvgIpc) is 3.00. The quantitative estimate of drug-likeness (QED) is 0.886. The Morgan fingerprint density at radius 3 is 2.70 bits per heavy atom. The molecule has 0 saturated carbocycles. The van der Waals surface area contributed by atoms with Gasteiger partial charge in [-0.3, -0.25) is 4.79 Å². The summed E-state index contributed by atoms with van der Waals surface area (Å²) in [6, 6.07) is -0.253. The molecule has 2 unspecified atom stereocenters. The molecule has 0 aliphatic carbocycles. The number of carbonyl (C=O) groups excluding carboxylic acids is 1. The molecule has 2 rings (SSSR count). The lowest BCUT2D eigenvalue weighted by molar-refractivity contribution is -0.125. The van der Waals surface area contributed by atoms with Crippen LogP contribution in [0.25, 0.3) is 0 Å². The molecule has 1 amide bonds. The molecule has 0 bridgehead atoms. The van der Waals surface area contributed by atoms with E-state index in [1.807, 2.05) is 27.7 Å². The Morgan fingerprint density at radius 1 is 1.50 bits per heavy atom. The van der Waals surface area contributed by atoms with Gasteiger partial charge in [-0.1, -0.05) is 25.9 Å². The Labute approximate surface area is 125 Å². The molecule has 2 N–H and O–H groups in total. The highest BCUT2D eigenvalue weighted by Crippen LogP contribution is 2.21. The predicted molar refractivity (Wildman–Crippen MR) is 77.8 cm³/mol. The summed E-state index contributed by atoms with van der Waals surface area (Å²) in [6.45, 7) is 9.58. The SMILES string of the molecule is CC(NC(=O)C1CCNC1)c1nc(C(C)(C)C)no1.Cl. The van der Waals surface area contributed by atoms with Crippen LogP contribution in [0.3, 0.4) is 0 Å². The van der Waals surface area contributed by atoms with Gasteiger partial charge in [0.25, 0.3) is 0 Å². The fourth-order valence-corrected chi connectivity index (χ4v) is 1.99. The first-order valence-electron chi connectivity index (χ1n) is 6.73. The standard InChI is InChI=1S/C13H22N4O2.ClH/c1-8(15-10(18)9-5-6-14-7-9)11-16-12(17-19-11)13(2,3)4;/h8-9,14H,5-7H2,1-4H3,(H,15,18);1H. The van der Waals surface area contributed by atoms with E-state index in [9.17, 15) is 4.79 Å². The van der Waals surface area contributed by atoms with Crippen LogP contribution in [-0.4, -0.2) is 29.1 Å². The summed E-state index contributed by atoms with van der Waals surface area (Å²) >= 11 is 0. The lowest BCUT2D eigenvalue weighted by atomic mass is 9.96. The second-order valence-corrected chi connectivity index (χ2v) is 6.13. The monoisotopic (exact) mass is 302 g/mol.